The fourth-order valence-corrected chi connectivity index (χ4v) is 2.87. The standard InChI is InChI=1S/C14H16BrN3O/c1-9-8-18-13(5-6-17(9)2)16-12-7-10(15)3-4-11(12)14(18)19/h3-4,7,9H,5-6,8H2,1-2H3. The lowest BCUT2D eigenvalue weighted by atomic mass is 10.2. The van der Waals surface area contributed by atoms with Crippen LogP contribution in [0.15, 0.2) is 27.5 Å². The fourth-order valence-electron chi connectivity index (χ4n) is 2.52. The van der Waals surface area contributed by atoms with Gasteiger partial charge in [0.25, 0.3) is 5.56 Å². The van der Waals surface area contributed by atoms with Gasteiger partial charge in [0.15, 0.2) is 0 Å². The number of hydrogen-bond acceptors (Lipinski definition) is 3. The maximum absolute atomic E-state index is 12.6. The van der Waals surface area contributed by atoms with Crippen LogP contribution in [-0.2, 0) is 13.0 Å². The van der Waals surface area contributed by atoms with Crippen LogP contribution in [0.2, 0.25) is 0 Å². The van der Waals surface area contributed by atoms with Gasteiger partial charge in [0.2, 0.25) is 0 Å². The van der Waals surface area contributed by atoms with Crippen LogP contribution < -0.4 is 5.56 Å². The van der Waals surface area contributed by atoms with Crippen molar-refractivity contribution in [3.63, 3.8) is 0 Å². The minimum absolute atomic E-state index is 0.0784. The molecule has 100 valence electrons. The van der Waals surface area contributed by atoms with Gasteiger partial charge in [0.1, 0.15) is 5.82 Å². The molecule has 0 aliphatic carbocycles. The summed E-state index contributed by atoms with van der Waals surface area (Å²) in [6, 6.07) is 6.01. The van der Waals surface area contributed by atoms with Crippen molar-refractivity contribution in [2.24, 2.45) is 0 Å². The SMILES string of the molecule is CC1Cn2c(nc3cc(Br)ccc3c2=O)CCN1C. The number of nitrogens with zero attached hydrogens (tertiary/aromatic N) is 3. The number of likely N-dealkylation sites (N-methyl/N-ethyl adjacent to an activating group) is 1. The summed E-state index contributed by atoms with van der Waals surface area (Å²) in [4.78, 5) is 19.5. The fraction of sp³-hybridized carbons (Fsp3) is 0.429. The van der Waals surface area contributed by atoms with Gasteiger partial charge in [0, 0.05) is 30.0 Å². The van der Waals surface area contributed by atoms with Crippen molar-refractivity contribution in [3.8, 4) is 0 Å². The van der Waals surface area contributed by atoms with E-state index < -0.39 is 0 Å². The Hall–Kier alpha value is -1.20. The molecule has 0 radical (unpaired) electrons. The van der Waals surface area contributed by atoms with Gasteiger partial charge < -0.3 is 4.90 Å². The first-order chi connectivity index (χ1) is 9.06. The van der Waals surface area contributed by atoms with Crippen molar-refractivity contribution in [2.45, 2.75) is 25.9 Å². The quantitative estimate of drug-likeness (QED) is 0.745. The first-order valence-electron chi connectivity index (χ1n) is 6.45. The zero-order valence-electron chi connectivity index (χ0n) is 11.1. The molecular formula is C14H16BrN3O. The van der Waals surface area contributed by atoms with Gasteiger partial charge in [-0.25, -0.2) is 4.98 Å². The van der Waals surface area contributed by atoms with Gasteiger partial charge in [-0.3, -0.25) is 9.36 Å². The van der Waals surface area contributed by atoms with Gasteiger partial charge in [-0.1, -0.05) is 15.9 Å². The van der Waals surface area contributed by atoms with Crippen molar-refractivity contribution in [3.05, 3.63) is 38.9 Å². The van der Waals surface area contributed by atoms with E-state index >= 15 is 0 Å². The summed E-state index contributed by atoms with van der Waals surface area (Å²) in [6.07, 6.45) is 0.818. The van der Waals surface area contributed by atoms with E-state index in [2.05, 4.69) is 39.8 Å². The minimum atomic E-state index is 0.0784. The number of halogens is 1. The van der Waals surface area contributed by atoms with Crippen LogP contribution in [0.4, 0.5) is 0 Å². The lowest BCUT2D eigenvalue weighted by molar-refractivity contribution is 0.253. The lowest BCUT2D eigenvalue weighted by Crippen LogP contribution is -2.34. The molecule has 1 aromatic carbocycles. The molecule has 0 bridgehead atoms. The highest BCUT2D eigenvalue weighted by Gasteiger charge is 2.20. The molecule has 0 N–H and O–H groups in total. The predicted octanol–water partition coefficient (Wildman–Crippen LogP) is 2.04. The van der Waals surface area contributed by atoms with Gasteiger partial charge >= 0.3 is 0 Å². The highest BCUT2D eigenvalue weighted by molar-refractivity contribution is 9.10. The Bertz CT molecular complexity index is 695. The zero-order chi connectivity index (χ0) is 13.6. The molecule has 4 nitrogen and oxygen atoms in total. The Morgan fingerprint density at radius 3 is 3.00 bits per heavy atom. The third-order valence-electron chi connectivity index (χ3n) is 3.88. The third-order valence-corrected chi connectivity index (χ3v) is 4.38. The molecule has 0 fully saturated rings. The van der Waals surface area contributed by atoms with Crippen molar-refractivity contribution >= 4 is 26.8 Å². The van der Waals surface area contributed by atoms with Crippen LogP contribution in [0, 0.1) is 0 Å². The Morgan fingerprint density at radius 2 is 2.21 bits per heavy atom. The number of fused-ring (bicyclic) bond motifs is 2. The summed E-state index contributed by atoms with van der Waals surface area (Å²) in [5, 5.41) is 0.698. The van der Waals surface area contributed by atoms with E-state index in [9.17, 15) is 4.79 Å². The molecule has 0 amide bonds. The molecule has 5 heteroatoms. The molecule has 1 atom stereocenters. The molecule has 1 aliphatic rings. The molecule has 1 aliphatic heterocycles. The summed E-state index contributed by atoms with van der Waals surface area (Å²) in [5.41, 5.74) is 0.859. The summed E-state index contributed by atoms with van der Waals surface area (Å²) < 4.78 is 2.79. The maximum atomic E-state index is 12.6. The van der Waals surface area contributed by atoms with Gasteiger partial charge in [-0.2, -0.15) is 0 Å². The van der Waals surface area contributed by atoms with Crippen molar-refractivity contribution < 1.29 is 0 Å². The molecule has 1 aromatic heterocycles. The molecule has 2 heterocycles. The molecule has 0 saturated carbocycles. The Morgan fingerprint density at radius 1 is 1.42 bits per heavy atom. The van der Waals surface area contributed by atoms with Crippen LogP contribution in [0.5, 0.6) is 0 Å². The molecule has 0 spiro atoms. The Kier molecular flexibility index (Phi) is 3.19. The van der Waals surface area contributed by atoms with Crippen molar-refractivity contribution in [1.29, 1.82) is 0 Å². The van der Waals surface area contributed by atoms with Crippen molar-refractivity contribution in [1.82, 2.24) is 14.5 Å². The van der Waals surface area contributed by atoms with E-state index in [1.807, 2.05) is 22.8 Å². The van der Waals surface area contributed by atoms with E-state index in [0.717, 1.165) is 28.8 Å². The summed E-state index contributed by atoms with van der Waals surface area (Å²) in [7, 11) is 2.10. The van der Waals surface area contributed by atoms with E-state index in [4.69, 9.17) is 0 Å². The molecule has 3 rings (SSSR count). The monoisotopic (exact) mass is 321 g/mol. The van der Waals surface area contributed by atoms with E-state index in [0.29, 0.717) is 18.0 Å². The second-order valence-electron chi connectivity index (χ2n) is 5.18. The average Bonchev–Trinajstić information content (AvgIpc) is 2.51. The Balaban J connectivity index is 2.25. The zero-order valence-corrected chi connectivity index (χ0v) is 12.6. The topological polar surface area (TPSA) is 38.1 Å². The molecule has 19 heavy (non-hydrogen) atoms. The number of hydrogen-bond donors (Lipinski definition) is 0. The lowest BCUT2D eigenvalue weighted by Gasteiger charge is -2.21. The molecule has 0 saturated heterocycles. The minimum Gasteiger partial charge on any atom is -0.301 e. The first kappa shape index (κ1) is 12.8. The van der Waals surface area contributed by atoms with Crippen LogP contribution in [0.25, 0.3) is 10.9 Å². The van der Waals surface area contributed by atoms with Crippen molar-refractivity contribution in [2.75, 3.05) is 13.6 Å². The highest BCUT2D eigenvalue weighted by atomic mass is 79.9. The summed E-state index contributed by atoms with van der Waals surface area (Å²) in [6.45, 7) is 3.80. The smallest absolute Gasteiger partial charge is 0.261 e. The molecule has 2 aromatic rings. The highest BCUT2D eigenvalue weighted by Crippen LogP contribution is 2.17. The largest absolute Gasteiger partial charge is 0.301 e. The van der Waals surface area contributed by atoms with Crippen LogP contribution in [0.3, 0.4) is 0 Å². The van der Waals surface area contributed by atoms with Gasteiger partial charge in [-0.15, -0.1) is 0 Å². The van der Waals surface area contributed by atoms with E-state index in [1.165, 1.54) is 0 Å². The number of benzene rings is 1. The summed E-state index contributed by atoms with van der Waals surface area (Å²) >= 11 is 3.43. The van der Waals surface area contributed by atoms with E-state index in [-0.39, 0.29) is 5.56 Å². The van der Waals surface area contributed by atoms with Crippen LogP contribution in [0.1, 0.15) is 12.7 Å². The third kappa shape index (κ3) is 2.21. The second-order valence-corrected chi connectivity index (χ2v) is 6.10. The summed E-state index contributed by atoms with van der Waals surface area (Å²) in [5.74, 6) is 0.895. The maximum Gasteiger partial charge on any atom is 0.261 e. The molecule has 1 unspecified atom stereocenters. The van der Waals surface area contributed by atoms with Gasteiger partial charge in [-0.05, 0) is 32.2 Å². The van der Waals surface area contributed by atoms with E-state index in [1.54, 1.807) is 0 Å². The van der Waals surface area contributed by atoms with Gasteiger partial charge in [0.05, 0.1) is 10.9 Å². The van der Waals surface area contributed by atoms with Crippen LogP contribution >= 0.6 is 15.9 Å². The average molecular weight is 322 g/mol. The Labute approximate surface area is 120 Å². The van der Waals surface area contributed by atoms with Crippen LogP contribution in [-0.4, -0.2) is 34.1 Å². The first-order valence-corrected chi connectivity index (χ1v) is 7.25. The number of rotatable bonds is 0. The number of aromatic nitrogens is 2. The second kappa shape index (κ2) is 4.72. The predicted molar refractivity (Wildman–Crippen MR) is 79.5 cm³/mol. The normalized spacial score (nSPS) is 20.3. The molecular weight excluding hydrogens is 306 g/mol.